The standard InChI is InChI=1S/C12H19NO/c1-2-10-7-11(5-3-4-6-13)9-12(14)8-10/h7-9,14H,2-6,13H2,1H3. The third-order valence-electron chi connectivity index (χ3n) is 2.37. The van der Waals surface area contributed by atoms with Crippen molar-refractivity contribution in [1.82, 2.24) is 0 Å². The second kappa shape index (κ2) is 5.66. The Hall–Kier alpha value is -1.02. The van der Waals surface area contributed by atoms with Gasteiger partial charge in [-0.2, -0.15) is 0 Å². The van der Waals surface area contributed by atoms with Gasteiger partial charge in [-0.3, -0.25) is 0 Å². The molecule has 0 aliphatic heterocycles. The van der Waals surface area contributed by atoms with Crippen LogP contribution in [0.3, 0.4) is 0 Å². The summed E-state index contributed by atoms with van der Waals surface area (Å²) >= 11 is 0. The van der Waals surface area contributed by atoms with Gasteiger partial charge in [-0.15, -0.1) is 0 Å². The third kappa shape index (κ3) is 3.38. The fraction of sp³-hybridized carbons (Fsp3) is 0.500. The predicted molar refractivity (Wildman–Crippen MR) is 59.5 cm³/mol. The summed E-state index contributed by atoms with van der Waals surface area (Å²) < 4.78 is 0. The first-order chi connectivity index (χ1) is 6.76. The molecule has 0 unspecified atom stereocenters. The van der Waals surface area contributed by atoms with Gasteiger partial charge in [-0.05, 0) is 55.5 Å². The van der Waals surface area contributed by atoms with Gasteiger partial charge in [-0.1, -0.05) is 13.0 Å². The van der Waals surface area contributed by atoms with E-state index in [1.54, 1.807) is 0 Å². The quantitative estimate of drug-likeness (QED) is 0.704. The summed E-state index contributed by atoms with van der Waals surface area (Å²) in [5, 5.41) is 9.46. The van der Waals surface area contributed by atoms with E-state index >= 15 is 0 Å². The lowest BCUT2D eigenvalue weighted by atomic mass is 10.0. The largest absolute Gasteiger partial charge is 0.508 e. The zero-order valence-electron chi connectivity index (χ0n) is 8.79. The molecule has 0 aliphatic rings. The molecule has 1 aromatic rings. The average Bonchev–Trinajstić information content (AvgIpc) is 2.17. The average molecular weight is 193 g/mol. The van der Waals surface area contributed by atoms with Gasteiger partial charge < -0.3 is 10.8 Å². The molecule has 3 N–H and O–H groups in total. The maximum absolute atomic E-state index is 9.46. The Labute approximate surface area is 85.8 Å². The lowest BCUT2D eigenvalue weighted by Gasteiger charge is -2.04. The van der Waals surface area contributed by atoms with Crippen LogP contribution in [0.15, 0.2) is 18.2 Å². The van der Waals surface area contributed by atoms with Crippen molar-refractivity contribution in [3.63, 3.8) is 0 Å². The number of aromatic hydroxyl groups is 1. The van der Waals surface area contributed by atoms with Gasteiger partial charge in [0.1, 0.15) is 5.75 Å². The van der Waals surface area contributed by atoms with E-state index in [-0.39, 0.29) is 0 Å². The molecule has 2 nitrogen and oxygen atoms in total. The van der Waals surface area contributed by atoms with Gasteiger partial charge in [0.2, 0.25) is 0 Å². The van der Waals surface area contributed by atoms with Crippen molar-refractivity contribution in [2.45, 2.75) is 32.6 Å². The van der Waals surface area contributed by atoms with Crippen LogP contribution in [0.5, 0.6) is 5.75 Å². The highest BCUT2D eigenvalue weighted by molar-refractivity contribution is 5.33. The van der Waals surface area contributed by atoms with Crippen molar-refractivity contribution in [3.05, 3.63) is 29.3 Å². The van der Waals surface area contributed by atoms with E-state index in [4.69, 9.17) is 5.73 Å². The number of nitrogens with two attached hydrogens (primary N) is 1. The van der Waals surface area contributed by atoms with Crippen LogP contribution in [0, 0.1) is 0 Å². The molecule has 0 spiro atoms. The highest BCUT2D eigenvalue weighted by Crippen LogP contribution is 2.17. The number of phenols is 1. The molecule has 0 saturated carbocycles. The number of hydrogen-bond donors (Lipinski definition) is 2. The van der Waals surface area contributed by atoms with Gasteiger partial charge in [0.25, 0.3) is 0 Å². The molecule has 1 rings (SSSR count). The van der Waals surface area contributed by atoms with Crippen molar-refractivity contribution < 1.29 is 5.11 Å². The normalized spacial score (nSPS) is 10.4. The maximum Gasteiger partial charge on any atom is 0.116 e. The maximum atomic E-state index is 9.46. The fourth-order valence-electron chi connectivity index (χ4n) is 1.56. The summed E-state index contributed by atoms with van der Waals surface area (Å²) in [5.41, 5.74) is 7.85. The molecule has 2 heteroatoms. The van der Waals surface area contributed by atoms with Gasteiger partial charge >= 0.3 is 0 Å². The van der Waals surface area contributed by atoms with Crippen LogP contribution < -0.4 is 5.73 Å². The van der Waals surface area contributed by atoms with E-state index in [1.165, 1.54) is 11.1 Å². The zero-order valence-corrected chi connectivity index (χ0v) is 8.79. The molecule has 78 valence electrons. The van der Waals surface area contributed by atoms with Crippen LogP contribution in [0.2, 0.25) is 0 Å². The monoisotopic (exact) mass is 193 g/mol. The Morgan fingerprint density at radius 2 is 1.86 bits per heavy atom. The number of benzene rings is 1. The molecule has 14 heavy (non-hydrogen) atoms. The van der Waals surface area contributed by atoms with Crippen LogP contribution in [-0.2, 0) is 12.8 Å². The van der Waals surface area contributed by atoms with Gasteiger partial charge in [0.15, 0.2) is 0 Å². The summed E-state index contributed by atoms with van der Waals surface area (Å²) in [6.07, 6.45) is 4.14. The molecule has 0 fully saturated rings. The van der Waals surface area contributed by atoms with E-state index in [9.17, 15) is 5.11 Å². The SMILES string of the molecule is CCc1cc(O)cc(CCCCN)c1. The lowest BCUT2D eigenvalue weighted by molar-refractivity contribution is 0.473. The molecule has 0 heterocycles. The third-order valence-corrected chi connectivity index (χ3v) is 2.37. The summed E-state index contributed by atoms with van der Waals surface area (Å²) in [5.74, 6) is 0.382. The van der Waals surface area contributed by atoms with Crippen molar-refractivity contribution in [2.24, 2.45) is 5.73 Å². The van der Waals surface area contributed by atoms with E-state index in [0.29, 0.717) is 5.75 Å². The number of hydrogen-bond acceptors (Lipinski definition) is 2. The first-order valence-electron chi connectivity index (χ1n) is 5.28. The highest BCUT2D eigenvalue weighted by Gasteiger charge is 1.98. The summed E-state index contributed by atoms with van der Waals surface area (Å²) in [6.45, 7) is 2.85. The molecule has 0 bridgehead atoms. The van der Waals surface area contributed by atoms with Crippen LogP contribution >= 0.6 is 0 Å². The molecular weight excluding hydrogens is 174 g/mol. The summed E-state index contributed by atoms with van der Waals surface area (Å²) in [4.78, 5) is 0. The molecule has 0 aromatic heterocycles. The van der Waals surface area contributed by atoms with E-state index in [1.807, 2.05) is 12.1 Å². The molecule has 0 saturated heterocycles. The van der Waals surface area contributed by atoms with Crippen molar-refractivity contribution in [1.29, 1.82) is 0 Å². The van der Waals surface area contributed by atoms with Crippen molar-refractivity contribution in [2.75, 3.05) is 6.54 Å². The lowest BCUT2D eigenvalue weighted by Crippen LogP contribution is -1.99. The van der Waals surface area contributed by atoms with E-state index in [0.717, 1.165) is 32.2 Å². The van der Waals surface area contributed by atoms with Gasteiger partial charge in [0.05, 0.1) is 0 Å². The first kappa shape index (κ1) is 11.1. The number of rotatable bonds is 5. The first-order valence-corrected chi connectivity index (χ1v) is 5.28. The Bertz CT molecular complexity index is 284. The topological polar surface area (TPSA) is 46.2 Å². The van der Waals surface area contributed by atoms with Crippen LogP contribution in [0.25, 0.3) is 0 Å². The second-order valence-corrected chi connectivity index (χ2v) is 3.61. The molecule has 0 amide bonds. The number of aryl methyl sites for hydroxylation is 2. The summed E-state index contributed by atoms with van der Waals surface area (Å²) in [6, 6.07) is 5.83. The Kier molecular flexibility index (Phi) is 4.47. The van der Waals surface area contributed by atoms with Gasteiger partial charge in [-0.25, -0.2) is 0 Å². The molecule has 1 aromatic carbocycles. The van der Waals surface area contributed by atoms with Crippen LogP contribution in [0.4, 0.5) is 0 Å². The minimum absolute atomic E-state index is 0.382. The second-order valence-electron chi connectivity index (χ2n) is 3.61. The minimum Gasteiger partial charge on any atom is -0.508 e. The molecule has 0 radical (unpaired) electrons. The highest BCUT2D eigenvalue weighted by atomic mass is 16.3. The number of phenolic OH excluding ortho intramolecular Hbond substituents is 1. The van der Waals surface area contributed by atoms with E-state index in [2.05, 4.69) is 13.0 Å². The predicted octanol–water partition coefficient (Wildman–Crippen LogP) is 2.24. The van der Waals surface area contributed by atoms with Gasteiger partial charge in [0, 0.05) is 0 Å². The molecule has 0 atom stereocenters. The Balaban J connectivity index is 2.62. The summed E-state index contributed by atoms with van der Waals surface area (Å²) in [7, 11) is 0. The fourth-order valence-corrected chi connectivity index (χ4v) is 1.56. The van der Waals surface area contributed by atoms with E-state index < -0.39 is 0 Å². The molecular formula is C12H19NO. The number of unbranched alkanes of at least 4 members (excludes halogenated alkanes) is 1. The Morgan fingerprint density at radius 1 is 1.14 bits per heavy atom. The molecule has 0 aliphatic carbocycles. The van der Waals surface area contributed by atoms with Crippen molar-refractivity contribution in [3.8, 4) is 5.75 Å². The smallest absolute Gasteiger partial charge is 0.116 e. The zero-order chi connectivity index (χ0) is 10.4. The Morgan fingerprint density at radius 3 is 2.50 bits per heavy atom. The van der Waals surface area contributed by atoms with Crippen LogP contribution in [-0.4, -0.2) is 11.7 Å². The minimum atomic E-state index is 0.382. The van der Waals surface area contributed by atoms with Crippen molar-refractivity contribution >= 4 is 0 Å². The van der Waals surface area contributed by atoms with Crippen LogP contribution in [0.1, 0.15) is 30.9 Å².